The van der Waals surface area contributed by atoms with Gasteiger partial charge in [-0.15, -0.1) is 5.10 Å². The van der Waals surface area contributed by atoms with Gasteiger partial charge in [0.25, 0.3) is 0 Å². The van der Waals surface area contributed by atoms with E-state index in [0.29, 0.717) is 12.4 Å². The highest BCUT2D eigenvalue weighted by Gasteiger charge is 2.11. The summed E-state index contributed by atoms with van der Waals surface area (Å²) in [6, 6.07) is 9.26. The molecule has 24 heavy (non-hydrogen) atoms. The molecule has 1 amide bonds. The van der Waals surface area contributed by atoms with Gasteiger partial charge in [0.05, 0.1) is 25.0 Å². The van der Waals surface area contributed by atoms with Gasteiger partial charge in [0, 0.05) is 12.5 Å². The Morgan fingerprint density at radius 2 is 2.08 bits per heavy atom. The van der Waals surface area contributed by atoms with E-state index in [0.717, 1.165) is 17.1 Å². The van der Waals surface area contributed by atoms with Crippen LogP contribution in [0.5, 0.6) is 5.75 Å². The maximum atomic E-state index is 12.1. The monoisotopic (exact) mass is 327 g/mol. The molecule has 0 aliphatic rings. The van der Waals surface area contributed by atoms with Crippen molar-refractivity contribution in [3.05, 3.63) is 42.4 Å². The van der Waals surface area contributed by atoms with Crippen LogP contribution >= 0.6 is 0 Å². The molecule has 0 spiro atoms. The van der Waals surface area contributed by atoms with Crippen molar-refractivity contribution in [2.24, 2.45) is 0 Å². The van der Waals surface area contributed by atoms with Gasteiger partial charge in [-0.25, -0.2) is 9.36 Å². The van der Waals surface area contributed by atoms with Crippen LogP contribution in [0.15, 0.2) is 36.7 Å². The van der Waals surface area contributed by atoms with Gasteiger partial charge in [-0.2, -0.15) is 5.10 Å². The molecule has 0 saturated carbocycles. The topological polar surface area (TPSA) is 99.8 Å². The smallest absolute Gasteiger partial charge is 0.227 e. The second kappa shape index (κ2) is 6.90. The third-order valence-corrected chi connectivity index (χ3v) is 3.38. The molecule has 2 aromatic heterocycles. The lowest BCUT2D eigenvalue weighted by Crippen LogP contribution is -2.17. The fraction of sp³-hybridized carbons (Fsp3) is 0.267. The summed E-state index contributed by atoms with van der Waals surface area (Å²) in [5.74, 6) is 1.23. The number of hydrogen-bond acceptors (Lipinski definition) is 6. The molecule has 9 nitrogen and oxygen atoms in total. The van der Waals surface area contributed by atoms with Crippen LogP contribution in [0.25, 0.3) is 5.69 Å². The quantitative estimate of drug-likeness (QED) is 0.730. The minimum absolute atomic E-state index is 0.139. The molecule has 0 saturated heterocycles. The SMILES string of the molecule is COc1ccc(-n2nc(C)cc2NC(=O)CCn2cnnn2)cc1. The van der Waals surface area contributed by atoms with Crippen molar-refractivity contribution in [3.8, 4) is 11.4 Å². The molecule has 9 heteroatoms. The Bertz CT molecular complexity index is 809. The fourth-order valence-electron chi connectivity index (χ4n) is 2.21. The summed E-state index contributed by atoms with van der Waals surface area (Å²) in [6.45, 7) is 2.28. The first kappa shape index (κ1) is 15.7. The van der Waals surface area contributed by atoms with E-state index in [2.05, 4.69) is 25.9 Å². The molecule has 3 aromatic rings. The van der Waals surface area contributed by atoms with Crippen molar-refractivity contribution in [3.63, 3.8) is 0 Å². The summed E-state index contributed by atoms with van der Waals surface area (Å²) in [5.41, 5.74) is 1.64. The minimum Gasteiger partial charge on any atom is -0.497 e. The number of aryl methyl sites for hydroxylation is 2. The van der Waals surface area contributed by atoms with Crippen LogP contribution in [0.1, 0.15) is 12.1 Å². The fourth-order valence-corrected chi connectivity index (χ4v) is 2.21. The lowest BCUT2D eigenvalue weighted by Gasteiger charge is -2.09. The molecule has 0 unspecified atom stereocenters. The standard InChI is InChI=1S/C15H17N7O2/c1-11-9-14(17-15(23)7-8-21-10-16-19-20-21)22(18-11)12-3-5-13(24-2)6-4-12/h3-6,9-10H,7-8H2,1-2H3,(H,17,23). The molecule has 0 aliphatic carbocycles. The zero-order chi connectivity index (χ0) is 16.9. The summed E-state index contributed by atoms with van der Waals surface area (Å²) < 4.78 is 8.34. The maximum Gasteiger partial charge on any atom is 0.227 e. The van der Waals surface area contributed by atoms with Gasteiger partial charge in [-0.3, -0.25) is 4.79 Å². The Morgan fingerprint density at radius 3 is 2.75 bits per heavy atom. The molecule has 0 atom stereocenters. The van der Waals surface area contributed by atoms with Crippen LogP contribution in [0.2, 0.25) is 0 Å². The largest absolute Gasteiger partial charge is 0.497 e. The number of nitrogens with zero attached hydrogens (tertiary/aromatic N) is 6. The van der Waals surface area contributed by atoms with Gasteiger partial charge >= 0.3 is 0 Å². The number of anilines is 1. The van der Waals surface area contributed by atoms with Crippen LogP contribution in [0.4, 0.5) is 5.82 Å². The highest BCUT2D eigenvalue weighted by molar-refractivity contribution is 5.90. The highest BCUT2D eigenvalue weighted by atomic mass is 16.5. The van der Waals surface area contributed by atoms with Crippen molar-refractivity contribution < 1.29 is 9.53 Å². The van der Waals surface area contributed by atoms with Crippen molar-refractivity contribution in [2.45, 2.75) is 19.9 Å². The Balaban J connectivity index is 1.72. The van der Waals surface area contributed by atoms with Crippen LogP contribution in [0, 0.1) is 6.92 Å². The van der Waals surface area contributed by atoms with Crippen LogP contribution in [-0.4, -0.2) is 43.0 Å². The van der Waals surface area contributed by atoms with Crippen molar-refractivity contribution in [2.75, 3.05) is 12.4 Å². The zero-order valence-electron chi connectivity index (χ0n) is 13.4. The molecule has 124 valence electrons. The number of aromatic nitrogens is 6. The van der Waals surface area contributed by atoms with Crippen LogP contribution in [-0.2, 0) is 11.3 Å². The average Bonchev–Trinajstić information content (AvgIpc) is 3.23. The highest BCUT2D eigenvalue weighted by Crippen LogP contribution is 2.20. The van der Waals surface area contributed by atoms with Gasteiger partial charge in [0.1, 0.15) is 17.9 Å². The predicted octanol–water partition coefficient (Wildman–Crippen LogP) is 1.20. The third kappa shape index (κ3) is 3.57. The van der Waals surface area contributed by atoms with Gasteiger partial charge < -0.3 is 10.1 Å². The van der Waals surface area contributed by atoms with Crippen LogP contribution < -0.4 is 10.1 Å². The number of nitrogens with one attached hydrogen (secondary N) is 1. The molecule has 1 N–H and O–H groups in total. The number of tetrazole rings is 1. The number of hydrogen-bond donors (Lipinski definition) is 1. The number of benzene rings is 1. The average molecular weight is 327 g/mol. The van der Waals surface area contributed by atoms with Gasteiger partial charge in [-0.05, 0) is 41.6 Å². The van der Waals surface area contributed by atoms with E-state index in [9.17, 15) is 4.79 Å². The molecule has 0 fully saturated rings. The number of rotatable bonds is 6. The normalized spacial score (nSPS) is 10.6. The lowest BCUT2D eigenvalue weighted by molar-refractivity contribution is -0.116. The molecular weight excluding hydrogens is 310 g/mol. The molecule has 2 heterocycles. The van der Waals surface area contributed by atoms with Crippen LogP contribution in [0.3, 0.4) is 0 Å². The Morgan fingerprint density at radius 1 is 1.29 bits per heavy atom. The first-order valence-corrected chi connectivity index (χ1v) is 7.37. The summed E-state index contributed by atoms with van der Waals surface area (Å²) in [5, 5.41) is 18.1. The van der Waals surface area contributed by atoms with Gasteiger partial charge in [-0.1, -0.05) is 0 Å². The van der Waals surface area contributed by atoms with Crippen molar-refractivity contribution in [1.82, 2.24) is 30.0 Å². The molecule has 1 aromatic carbocycles. The van der Waals surface area contributed by atoms with E-state index >= 15 is 0 Å². The van der Waals surface area contributed by atoms with E-state index in [1.807, 2.05) is 37.3 Å². The molecule has 0 bridgehead atoms. The zero-order valence-corrected chi connectivity index (χ0v) is 13.4. The number of methoxy groups -OCH3 is 1. The van der Waals surface area contributed by atoms with E-state index < -0.39 is 0 Å². The second-order valence-corrected chi connectivity index (χ2v) is 5.15. The molecule has 3 rings (SSSR count). The van der Waals surface area contributed by atoms with Crippen molar-refractivity contribution >= 4 is 11.7 Å². The lowest BCUT2D eigenvalue weighted by atomic mass is 10.3. The number of carbonyl (C=O) groups is 1. The summed E-state index contributed by atoms with van der Waals surface area (Å²) in [6.07, 6.45) is 1.73. The first-order chi connectivity index (χ1) is 11.7. The second-order valence-electron chi connectivity index (χ2n) is 5.15. The number of ether oxygens (including phenoxy) is 1. The Hall–Kier alpha value is -3.23. The first-order valence-electron chi connectivity index (χ1n) is 7.37. The van der Waals surface area contributed by atoms with E-state index in [1.165, 1.54) is 11.0 Å². The van der Waals surface area contributed by atoms with Gasteiger partial charge in [0.15, 0.2) is 0 Å². The Kier molecular flexibility index (Phi) is 4.50. The summed E-state index contributed by atoms with van der Waals surface area (Å²) >= 11 is 0. The summed E-state index contributed by atoms with van der Waals surface area (Å²) in [7, 11) is 1.61. The van der Waals surface area contributed by atoms with Gasteiger partial charge in [0.2, 0.25) is 5.91 Å². The molecule has 0 aliphatic heterocycles. The van der Waals surface area contributed by atoms with E-state index in [1.54, 1.807) is 11.8 Å². The summed E-state index contributed by atoms with van der Waals surface area (Å²) in [4.78, 5) is 12.1. The minimum atomic E-state index is -0.139. The van der Waals surface area contributed by atoms with E-state index in [4.69, 9.17) is 4.74 Å². The maximum absolute atomic E-state index is 12.1. The predicted molar refractivity (Wildman–Crippen MR) is 85.9 cm³/mol. The Labute approximate surface area is 138 Å². The molecule has 0 radical (unpaired) electrons. The number of amides is 1. The van der Waals surface area contributed by atoms with Crippen molar-refractivity contribution in [1.29, 1.82) is 0 Å². The number of carbonyl (C=O) groups excluding carboxylic acids is 1. The van der Waals surface area contributed by atoms with E-state index in [-0.39, 0.29) is 12.3 Å². The molecular formula is C15H17N7O2. The third-order valence-electron chi connectivity index (χ3n) is 3.38.